The van der Waals surface area contributed by atoms with Gasteiger partial charge in [-0.05, 0) is 6.42 Å². The van der Waals surface area contributed by atoms with Crippen LogP contribution in [-0.2, 0) is 9.59 Å². The molecule has 0 aliphatic rings. The van der Waals surface area contributed by atoms with E-state index < -0.39 is 35.8 Å². The van der Waals surface area contributed by atoms with Crippen molar-refractivity contribution in [1.29, 1.82) is 0 Å². The molecule has 0 aliphatic heterocycles. The molecule has 7 heteroatoms. The molecule has 0 radical (unpaired) electrons. The Bertz CT molecular complexity index is 327. The first-order chi connectivity index (χ1) is 8.51. The summed E-state index contributed by atoms with van der Waals surface area (Å²) in [5, 5.41) is 11.1. The van der Waals surface area contributed by atoms with Crippen LogP contribution in [0.3, 0.4) is 0 Å². The van der Waals surface area contributed by atoms with Gasteiger partial charge in [0.2, 0.25) is 5.91 Å². The van der Waals surface area contributed by atoms with Gasteiger partial charge in [0.1, 0.15) is 0 Å². The molecule has 19 heavy (non-hydrogen) atoms. The van der Waals surface area contributed by atoms with Gasteiger partial charge in [0.05, 0.1) is 11.3 Å². The number of aliphatic carboxylic acids is 1. The van der Waals surface area contributed by atoms with E-state index in [9.17, 15) is 22.8 Å². The Morgan fingerprint density at radius 3 is 2.16 bits per heavy atom. The molecule has 1 amide bonds. The minimum absolute atomic E-state index is 0.143. The van der Waals surface area contributed by atoms with Gasteiger partial charge < -0.3 is 10.4 Å². The zero-order valence-electron chi connectivity index (χ0n) is 11.3. The molecule has 4 nitrogen and oxygen atoms in total. The number of carbonyl (C=O) groups excluding carboxylic acids is 1. The molecule has 0 bridgehead atoms. The van der Waals surface area contributed by atoms with E-state index in [2.05, 4.69) is 5.32 Å². The third kappa shape index (κ3) is 5.94. The molecule has 0 aromatic heterocycles. The molecule has 0 heterocycles. The van der Waals surface area contributed by atoms with Crippen molar-refractivity contribution in [2.75, 3.05) is 6.54 Å². The van der Waals surface area contributed by atoms with Crippen molar-refractivity contribution in [3.63, 3.8) is 0 Å². The van der Waals surface area contributed by atoms with E-state index >= 15 is 0 Å². The molecule has 112 valence electrons. The number of amides is 1. The lowest BCUT2D eigenvalue weighted by atomic mass is 9.88. The third-order valence-corrected chi connectivity index (χ3v) is 2.90. The van der Waals surface area contributed by atoms with Gasteiger partial charge in [-0.2, -0.15) is 13.2 Å². The average Bonchev–Trinajstić information content (AvgIpc) is 2.21. The lowest BCUT2D eigenvalue weighted by Gasteiger charge is -2.27. The third-order valence-electron chi connectivity index (χ3n) is 2.90. The molecular formula is C12H20F3NO3. The van der Waals surface area contributed by atoms with Crippen molar-refractivity contribution in [3.8, 4) is 0 Å². The lowest BCUT2D eigenvalue weighted by Crippen LogP contribution is -2.40. The average molecular weight is 283 g/mol. The summed E-state index contributed by atoms with van der Waals surface area (Å²) in [5.74, 6) is -2.61. The van der Waals surface area contributed by atoms with E-state index in [1.807, 2.05) is 0 Å². The predicted octanol–water partition coefficient (Wildman–Crippen LogP) is 2.58. The first-order valence-electron chi connectivity index (χ1n) is 6.07. The van der Waals surface area contributed by atoms with Crippen LogP contribution < -0.4 is 5.32 Å². The first-order valence-corrected chi connectivity index (χ1v) is 6.07. The molecule has 2 N–H and O–H groups in total. The summed E-state index contributed by atoms with van der Waals surface area (Å²) in [6.07, 6.45) is -4.19. The summed E-state index contributed by atoms with van der Waals surface area (Å²) < 4.78 is 37.7. The standard InChI is InChI=1S/C12H20F3NO3/c1-4-5-8(10(18)19)7-16-9(17)6-11(2,3)12(13,14)15/h8H,4-7H2,1-3H3,(H,16,17)(H,18,19). The number of nitrogens with one attached hydrogen (secondary N) is 1. The predicted molar refractivity (Wildman–Crippen MR) is 63.5 cm³/mol. The minimum atomic E-state index is -4.47. The van der Waals surface area contributed by atoms with E-state index in [0.717, 1.165) is 13.8 Å². The molecule has 0 aliphatic carbocycles. The summed E-state index contributed by atoms with van der Waals surface area (Å²) in [6.45, 7) is 3.53. The number of carboxylic acids is 1. The summed E-state index contributed by atoms with van der Waals surface area (Å²) in [5.41, 5.74) is -2.12. The number of alkyl halides is 3. The van der Waals surface area contributed by atoms with Gasteiger partial charge in [-0.15, -0.1) is 0 Å². The fourth-order valence-corrected chi connectivity index (χ4v) is 1.46. The van der Waals surface area contributed by atoms with Crippen LogP contribution in [0.1, 0.15) is 40.0 Å². The zero-order chi connectivity index (χ0) is 15.3. The van der Waals surface area contributed by atoms with E-state index in [1.165, 1.54) is 0 Å². The maximum Gasteiger partial charge on any atom is 0.394 e. The van der Waals surface area contributed by atoms with E-state index in [4.69, 9.17) is 5.11 Å². The van der Waals surface area contributed by atoms with Crippen LogP contribution in [0.5, 0.6) is 0 Å². The zero-order valence-corrected chi connectivity index (χ0v) is 11.3. The van der Waals surface area contributed by atoms with Gasteiger partial charge >= 0.3 is 12.1 Å². The highest BCUT2D eigenvalue weighted by molar-refractivity contribution is 5.78. The summed E-state index contributed by atoms with van der Waals surface area (Å²) in [4.78, 5) is 22.2. The van der Waals surface area contributed by atoms with Crippen LogP contribution in [0, 0.1) is 11.3 Å². The van der Waals surface area contributed by atoms with Gasteiger partial charge in [-0.1, -0.05) is 27.2 Å². The van der Waals surface area contributed by atoms with Crippen molar-refractivity contribution in [2.24, 2.45) is 11.3 Å². The molecule has 1 unspecified atom stereocenters. The second-order valence-electron chi connectivity index (χ2n) is 5.19. The minimum Gasteiger partial charge on any atom is -0.481 e. The normalized spacial score (nSPS) is 14.0. The Morgan fingerprint density at radius 1 is 1.26 bits per heavy atom. The van der Waals surface area contributed by atoms with E-state index in [1.54, 1.807) is 6.92 Å². The second-order valence-corrected chi connectivity index (χ2v) is 5.19. The van der Waals surface area contributed by atoms with Crippen LogP contribution in [0.4, 0.5) is 13.2 Å². The van der Waals surface area contributed by atoms with Gasteiger partial charge in [-0.3, -0.25) is 9.59 Å². The van der Waals surface area contributed by atoms with Crippen LogP contribution in [0.15, 0.2) is 0 Å². The highest BCUT2D eigenvalue weighted by Crippen LogP contribution is 2.40. The fourth-order valence-electron chi connectivity index (χ4n) is 1.46. The van der Waals surface area contributed by atoms with Gasteiger partial charge in [-0.25, -0.2) is 0 Å². The molecule has 0 spiro atoms. The van der Waals surface area contributed by atoms with Gasteiger partial charge in [0, 0.05) is 13.0 Å². The Balaban J connectivity index is 4.36. The maximum absolute atomic E-state index is 12.6. The number of halogens is 3. The molecule has 0 saturated heterocycles. The Labute approximate surface area is 110 Å². The quantitative estimate of drug-likeness (QED) is 0.754. The number of rotatable bonds is 7. The van der Waals surface area contributed by atoms with E-state index in [0.29, 0.717) is 12.8 Å². The van der Waals surface area contributed by atoms with Crippen molar-refractivity contribution in [3.05, 3.63) is 0 Å². The molecule has 0 aromatic carbocycles. The number of hydrogen-bond donors (Lipinski definition) is 2. The SMILES string of the molecule is CCCC(CNC(=O)CC(C)(C)C(F)(F)F)C(=O)O. The Hall–Kier alpha value is -1.27. The van der Waals surface area contributed by atoms with Gasteiger partial charge in [0.15, 0.2) is 0 Å². The number of hydrogen-bond acceptors (Lipinski definition) is 2. The maximum atomic E-state index is 12.6. The van der Waals surface area contributed by atoms with Crippen LogP contribution in [0.2, 0.25) is 0 Å². The van der Waals surface area contributed by atoms with Crippen LogP contribution in [-0.4, -0.2) is 29.7 Å². The van der Waals surface area contributed by atoms with Crippen LogP contribution >= 0.6 is 0 Å². The highest BCUT2D eigenvalue weighted by atomic mass is 19.4. The largest absolute Gasteiger partial charge is 0.481 e. The molecule has 1 atom stereocenters. The topological polar surface area (TPSA) is 66.4 Å². The smallest absolute Gasteiger partial charge is 0.394 e. The number of carboxylic acid groups (broad SMARTS) is 1. The van der Waals surface area contributed by atoms with Crippen molar-refractivity contribution in [2.45, 2.75) is 46.2 Å². The highest BCUT2D eigenvalue weighted by Gasteiger charge is 2.48. The fraction of sp³-hybridized carbons (Fsp3) is 0.833. The lowest BCUT2D eigenvalue weighted by molar-refractivity contribution is -0.213. The summed E-state index contributed by atoms with van der Waals surface area (Å²) in [7, 11) is 0. The molecule has 0 aromatic rings. The number of carbonyl (C=O) groups is 2. The molecule has 0 rings (SSSR count). The molecule has 0 fully saturated rings. The summed E-state index contributed by atoms with van der Waals surface area (Å²) in [6, 6.07) is 0. The molecule has 0 saturated carbocycles. The second kappa shape index (κ2) is 6.77. The van der Waals surface area contributed by atoms with Crippen molar-refractivity contribution >= 4 is 11.9 Å². The van der Waals surface area contributed by atoms with Crippen LogP contribution in [0.25, 0.3) is 0 Å². The summed E-state index contributed by atoms with van der Waals surface area (Å²) >= 11 is 0. The monoisotopic (exact) mass is 283 g/mol. The molecular weight excluding hydrogens is 263 g/mol. The Morgan fingerprint density at radius 2 is 1.79 bits per heavy atom. The Kier molecular flexibility index (Phi) is 6.32. The first kappa shape index (κ1) is 17.7. The van der Waals surface area contributed by atoms with E-state index in [-0.39, 0.29) is 6.54 Å². The van der Waals surface area contributed by atoms with Gasteiger partial charge in [0.25, 0.3) is 0 Å². The van der Waals surface area contributed by atoms with Crippen molar-refractivity contribution in [1.82, 2.24) is 5.32 Å². The van der Waals surface area contributed by atoms with Crippen molar-refractivity contribution < 1.29 is 27.9 Å².